The minimum atomic E-state index is -3.69. The summed E-state index contributed by atoms with van der Waals surface area (Å²) in [6.45, 7) is 0.457. The Morgan fingerprint density at radius 2 is 1.77 bits per heavy atom. The number of anilines is 1. The highest BCUT2D eigenvalue weighted by Gasteiger charge is 2.18. The Kier molecular flexibility index (Phi) is 6.12. The molecule has 178 valence electrons. The molecule has 0 radical (unpaired) electrons. The maximum atomic E-state index is 12.4. The van der Waals surface area contributed by atoms with Crippen molar-refractivity contribution in [1.29, 1.82) is 0 Å². The lowest BCUT2D eigenvalue weighted by atomic mass is 10.1. The number of nitrogens with zero attached hydrogens (tertiary/aromatic N) is 3. The van der Waals surface area contributed by atoms with E-state index in [1.165, 1.54) is 35.6 Å². The maximum Gasteiger partial charge on any atom is 0.240 e. The van der Waals surface area contributed by atoms with E-state index in [0.29, 0.717) is 12.4 Å². The van der Waals surface area contributed by atoms with Crippen LogP contribution in [0.25, 0.3) is 27.5 Å². The number of phenols is 2. The van der Waals surface area contributed by atoms with Crippen LogP contribution >= 0.6 is 11.3 Å². The number of nitrogens with one attached hydrogen (secondary N) is 2. The number of thiazole rings is 1. The van der Waals surface area contributed by atoms with Crippen molar-refractivity contribution in [2.75, 3.05) is 18.4 Å². The van der Waals surface area contributed by atoms with E-state index in [2.05, 4.69) is 15.0 Å². The summed E-state index contributed by atoms with van der Waals surface area (Å²) in [5, 5.41) is 24.4. The molecule has 0 saturated carbocycles. The Morgan fingerprint density at radius 3 is 2.57 bits per heavy atom. The van der Waals surface area contributed by atoms with Gasteiger partial charge in [-0.25, -0.2) is 23.1 Å². The van der Waals surface area contributed by atoms with Crippen LogP contribution in [0.3, 0.4) is 0 Å². The molecule has 4 N–H and O–H groups in total. The molecular formula is C24H21N5O4S2. The van der Waals surface area contributed by atoms with Crippen LogP contribution in [0.1, 0.15) is 0 Å². The van der Waals surface area contributed by atoms with Gasteiger partial charge in [-0.05, 0) is 48.5 Å². The average Bonchev–Trinajstić information content (AvgIpc) is 3.44. The third kappa shape index (κ3) is 4.83. The van der Waals surface area contributed by atoms with E-state index in [1.807, 2.05) is 34.2 Å². The first kappa shape index (κ1) is 22.8. The van der Waals surface area contributed by atoms with Gasteiger partial charge in [-0.2, -0.15) is 0 Å². The van der Waals surface area contributed by atoms with Crippen LogP contribution in [0.5, 0.6) is 11.5 Å². The van der Waals surface area contributed by atoms with E-state index in [9.17, 15) is 18.6 Å². The highest BCUT2D eigenvalue weighted by Crippen LogP contribution is 2.35. The van der Waals surface area contributed by atoms with Crippen molar-refractivity contribution in [3.05, 3.63) is 78.4 Å². The normalized spacial score (nSPS) is 11.7. The Balaban J connectivity index is 1.34. The smallest absolute Gasteiger partial charge is 0.240 e. The van der Waals surface area contributed by atoms with E-state index >= 15 is 0 Å². The van der Waals surface area contributed by atoms with Gasteiger partial charge in [0.2, 0.25) is 10.0 Å². The molecule has 0 atom stereocenters. The number of rotatable bonds is 8. The predicted octanol–water partition coefficient (Wildman–Crippen LogP) is 3.93. The fraction of sp³-hybridized carbons (Fsp3) is 0.0833. The van der Waals surface area contributed by atoms with Crippen molar-refractivity contribution in [2.24, 2.45) is 0 Å². The number of benzene rings is 2. The minimum absolute atomic E-state index is 0.00158. The molecule has 5 rings (SSSR count). The van der Waals surface area contributed by atoms with Crippen molar-refractivity contribution in [1.82, 2.24) is 19.1 Å². The van der Waals surface area contributed by atoms with E-state index in [4.69, 9.17) is 4.98 Å². The summed E-state index contributed by atoms with van der Waals surface area (Å²) in [4.78, 5) is 10.0. The molecule has 0 amide bonds. The van der Waals surface area contributed by atoms with Gasteiger partial charge in [-0.1, -0.05) is 12.1 Å². The molecule has 0 saturated heterocycles. The number of phenolic OH excluding ortho intramolecular Hbond substituents is 2. The summed E-state index contributed by atoms with van der Waals surface area (Å²) in [5.41, 5.74) is 3.28. The third-order valence-electron chi connectivity index (χ3n) is 5.29. The van der Waals surface area contributed by atoms with Crippen LogP contribution in [-0.2, 0) is 10.0 Å². The van der Waals surface area contributed by atoms with Gasteiger partial charge in [0.15, 0.2) is 4.96 Å². The molecule has 0 unspecified atom stereocenters. The second-order valence-electron chi connectivity index (χ2n) is 7.66. The number of aromatic hydroxyl groups is 2. The molecule has 3 heterocycles. The topological polar surface area (TPSA) is 129 Å². The Labute approximate surface area is 205 Å². The molecule has 0 aliphatic rings. The SMILES string of the molecule is O=S(=O)(NCCNc1cc(-c2c(-c3cccc(O)c3)nc3sccn23)ccn1)c1ccc(O)cc1. The fourth-order valence-electron chi connectivity index (χ4n) is 3.68. The molecule has 11 heteroatoms. The zero-order valence-corrected chi connectivity index (χ0v) is 19.9. The second kappa shape index (κ2) is 9.37. The summed E-state index contributed by atoms with van der Waals surface area (Å²) in [6, 6.07) is 16.1. The van der Waals surface area contributed by atoms with Crippen molar-refractivity contribution >= 4 is 32.1 Å². The van der Waals surface area contributed by atoms with Crippen molar-refractivity contribution < 1.29 is 18.6 Å². The number of imidazole rings is 1. The third-order valence-corrected chi connectivity index (χ3v) is 7.52. The lowest BCUT2D eigenvalue weighted by Gasteiger charge is -2.10. The Hall–Kier alpha value is -3.93. The van der Waals surface area contributed by atoms with Gasteiger partial charge in [-0.3, -0.25) is 4.40 Å². The molecule has 9 nitrogen and oxygen atoms in total. The van der Waals surface area contributed by atoms with E-state index < -0.39 is 10.0 Å². The standard InChI is InChI=1S/C24H21N5O4S2/c30-18-4-6-20(7-5-18)35(32,33)27-11-10-26-21-15-17(8-9-25-21)23-22(16-2-1-3-19(31)14-16)28-24-29(23)12-13-34-24/h1-9,12-15,27,30-31H,10-11H2,(H,25,26). The Morgan fingerprint density at radius 1 is 0.943 bits per heavy atom. The summed E-state index contributed by atoms with van der Waals surface area (Å²) in [5.74, 6) is 0.747. The molecule has 2 aromatic carbocycles. The lowest BCUT2D eigenvalue weighted by Crippen LogP contribution is -2.29. The number of fused-ring (bicyclic) bond motifs is 1. The van der Waals surface area contributed by atoms with Crippen LogP contribution in [0.4, 0.5) is 5.82 Å². The zero-order valence-electron chi connectivity index (χ0n) is 18.3. The molecule has 0 fully saturated rings. The number of hydrogen-bond acceptors (Lipinski definition) is 8. The largest absolute Gasteiger partial charge is 0.508 e. The first-order valence-electron chi connectivity index (χ1n) is 10.6. The minimum Gasteiger partial charge on any atom is -0.508 e. The maximum absolute atomic E-state index is 12.4. The summed E-state index contributed by atoms with van der Waals surface area (Å²) in [7, 11) is -3.69. The first-order valence-corrected chi connectivity index (χ1v) is 13.0. The molecule has 0 aliphatic heterocycles. The molecule has 3 aromatic heterocycles. The van der Waals surface area contributed by atoms with Gasteiger partial charge in [-0.15, -0.1) is 11.3 Å². The van der Waals surface area contributed by atoms with Gasteiger partial charge in [0.25, 0.3) is 0 Å². The van der Waals surface area contributed by atoms with Crippen molar-refractivity contribution in [3.8, 4) is 34.0 Å². The summed E-state index contributed by atoms with van der Waals surface area (Å²) in [6.07, 6.45) is 3.62. The highest BCUT2D eigenvalue weighted by molar-refractivity contribution is 7.89. The van der Waals surface area contributed by atoms with Crippen LogP contribution in [0, 0.1) is 0 Å². The highest BCUT2D eigenvalue weighted by atomic mass is 32.2. The van der Waals surface area contributed by atoms with E-state index in [0.717, 1.165) is 27.5 Å². The van der Waals surface area contributed by atoms with Crippen LogP contribution in [0.2, 0.25) is 0 Å². The van der Waals surface area contributed by atoms with Gasteiger partial charge in [0, 0.05) is 42.0 Å². The number of hydrogen-bond donors (Lipinski definition) is 4. The quantitative estimate of drug-likeness (QED) is 0.234. The number of sulfonamides is 1. The second-order valence-corrected chi connectivity index (χ2v) is 10.3. The number of aromatic nitrogens is 3. The molecule has 0 aliphatic carbocycles. The zero-order chi connectivity index (χ0) is 24.4. The van der Waals surface area contributed by atoms with Crippen molar-refractivity contribution in [2.45, 2.75) is 4.90 Å². The molecular weight excluding hydrogens is 486 g/mol. The van der Waals surface area contributed by atoms with Gasteiger partial charge < -0.3 is 15.5 Å². The fourth-order valence-corrected chi connectivity index (χ4v) is 5.42. The van der Waals surface area contributed by atoms with Crippen LogP contribution in [0.15, 0.2) is 83.3 Å². The Bertz CT molecular complexity index is 1590. The van der Waals surface area contributed by atoms with Crippen LogP contribution < -0.4 is 10.0 Å². The first-order chi connectivity index (χ1) is 16.9. The van der Waals surface area contributed by atoms with Gasteiger partial charge in [0.1, 0.15) is 17.3 Å². The predicted molar refractivity (Wildman–Crippen MR) is 135 cm³/mol. The summed E-state index contributed by atoms with van der Waals surface area (Å²) >= 11 is 1.52. The van der Waals surface area contributed by atoms with E-state index in [1.54, 1.807) is 24.4 Å². The number of pyridine rings is 1. The summed E-state index contributed by atoms with van der Waals surface area (Å²) < 4.78 is 29.3. The molecule has 0 bridgehead atoms. The molecule has 35 heavy (non-hydrogen) atoms. The lowest BCUT2D eigenvalue weighted by molar-refractivity contribution is 0.474. The van der Waals surface area contributed by atoms with Gasteiger partial charge in [0.05, 0.1) is 16.3 Å². The van der Waals surface area contributed by atoms with E-state index in [-0.39, 0.29) is 22.9 Å². The monoisotopic (exact) mass is 507 g/mol. The van der Waals surface area contributed by atoms with Crippen LogP contribution in [-0.4, -0.2) is 46.1 Å². The average molecular weight is 508 g/mol. The van der Waals surface area contributed by atoms with Crippen molar-refractivity contribution in [3.63, 3.8) is 0 Å². The molecule has 5 aromatic rings. The van der Waals surface area contributed by atoms with Gasteiger partial charge >= 0.3 is 0 Å². The molecule has 0 spiro atoms.